The normalized spacial score (nSPS) is 21.7. The van der Waals surface area contributed by atoms with Crippen molar-refractivity contribution in [2.75, 3.05) is 33.9 Å². The quantitative estimate of drug-likeness (QED) is 0.0849. The molecule has 0 radical (unpaired) electrons. The molecule has 2 aliphatic heterocycles. The van der Waals surface area contributed by atoms with Gasteiger partial charge in [0.1, 0.15) is 12.1 Å². The van der Waals surface area contributed by atoms with Crippen molar-refractivity contribution in [1.82, 2.24) is 20.4 Å². The lowest BCUT2D eigenvalue weighted by molar-refractivity contribution is -0.138. The van der Waals surface area contributed by atoms with E-state index < -0.39 is 24.3 Å². The average Bonchev–Trinajstić information content (AvgIpc) is 3.62. The number of rotatable bonds is 22. The van der Waals surface area contributed by atoms with Crippen molar-refractivity contribution in [3.05, 3.63) is 36.2 Å². The monoisotopic (exact) mass is 749 g/mol. The van der Waals surface area contributed by atoms with Gasteiger partial charge in [-0.2, -0.15) is 0 Å². The van der Waals surface area contributed by atoms with Crippen LogP contribution in [0.3, 0.4) is 0 Å². The average molecular weight is 749 g/mol. The first kappa shape index (κ1) is 45.7. The number of hydrogen-bond acceptors (Lipinski definition) is 7. The fraction of sp³-hybridized carbons (Fsp3) is 0.756. The number of amides is 4. The standard InChI is InChI=1S/C41H69FN4O7/c1-9-45(38(47)36(29(2)3)43-40(49)51-7)25-19-15-14-18-23-34(42)22-17-13-11-10-12-16-21-30(4)35-24-20-26-46(35)39(48)37(44-41(50)52-8)33-27-31(5)53-32(6)28-33/h10-11,23,29,31-33,35-37H,4,9,12-22,24-28H2,1-3,5-8H3,(H,43,49)(H,44,50)/b11-10+,34-23+/t31-,32+,33?,35-,36-,37?/m0/s1. The number of unbranched alkanes of at least 4 members (excludes halogenated alkanes) is 5. The van der Waals surface area contributed by atoms with Gasteiger partial charge in [-0.25, -0.2) is 14.0 Å². The largest absolute Gasteiger partial charge is 0.453 e. The first-order valence-corrected chi connectivity index (χ1v) is 19.9. The second-order valence-corrected chi connectivity index (χ2v) is 15.0. The number of likely N-dealkylation sites (N-methyl/N-ethyl adjacent to an activating group) is 1. The van der Waals surface area contributed by atoms with Crippen LogP contribution in [0.4, 0.5) is 14.0 Å². The van der Waals surface area contributed by atoms with Crippen LogP contribution in [0.15, 0.2) is 36.2 Å². The summed E-state index contributed by atoms with van der Waals surface area (Å²) in [5.74, 6) is -0.341. The molecular weight excluding hydrogens is 679 g/mol. The van der Waals surface area contributed by atoms with Gasteiger partial charge in [0.25, 0.3) is 0 Å². The van der Waals surface area contributed by atoms with Gasteiger partial charge in [0.15, 0.2) is 0 Å². The molecule has 4 amide bonds. The second kappa shape index (κ2) is 24.8. The van der Waals surface area contributed by atoms with Gasteiger partial charge in [-0.3, -0.25) is 9.59 Å². The van der Waals surface area contributed by atoms with E-state index in [-0.39, 0.29) is 47.7 Å². The Morgan fingerprint density at radius 3 is 2.15 bits per heavy atom. The number of methoxy groups -OCH3 is 2. The van der Waals surface area contributed by atoms with Crippen LogP contribution in [-0.2, 0) is 23.8 Å². The molecule has 2 N–H and O–H groups in total. The summed E-state index contributed by atoms with van der Waals surface area (Å²) < 4.78 is 29.8. The van der Waals surface area contributed by atoms with Crippen LogP contribution in [0.25, 0.3) is 0 Å². The molecule has 0 aromatic heterocycles. The van der Waals surface area contributed by atoms with E-state index in [4.69, 9.17) is 9.47 Å². The van der Waals surface area contributed by atoms with E-state index in [1.165, 1.54) is 14.2 Å². The third-order valence-electron chi connectivity index (χ3n) is 10.3. The van der Waals surface area contributed by atoms with Crippen molar-refractivity contribution in [1.29, 1.82) is 0 Å². The van der Waals surface area contributed by atoms with Crippen LogP contribution in [0.1, 0.15) is 125 Å². The number of nitrogens with one attached hydrogen (secondary N) is 2. The molecule has 0 spiro atoms. The SMILES string of the molecule is C=C(CCC/C=C/CCC/C(F)=C\CCCCCN(CC)C(=O)[C@@H](NC(=O)OC)C(C)C)[C@@H]1CCCN1C(=O)C(NC(=O)OC)C1C[C@@H](C)O[C@@H](C)C1. The van der Waals surface area contributed by atoms with E-state index in [1.807, 2.05) is 39.5 Å². The van der Waals surface area contributed by atoms with Crippen molar-refractivity contribution < 1.29 is 37.8 Å². The topological polar surface area (TPSA) is 127 Å². The zero-order valence-corrected chi connectivity index (χ0v) is 33.6. The summed E-state index contributed by atoms with van der Waals surface area (Å²) in [5.41, 5.74) is 1.05. The minimum absolute atomic E-state index is 0.0147. The molecule has 0 aliphatic carbocycles. The van der Waals surface area contributed by atoms with Gasteiger partial charge in [-0.15, -0.1) is 0 Å². The van der Waals surface area contributed by atoms with Crippen LogP contribution in [0.5, 0.6) is 0 Å². The van der Waals surface area contributed by atoms with Crippen molar-refractivity contribution in [2.24, 2.45) is 11.8 Å². The molecule has 53 heavy (non-hydrogen) atoms. The summed E-state index contributed by atoms with van der Waals surface area (Å²) in [4.78, 5) is 54.4. The Morgan fingerprint density at radius 1 is 0.925 bits per heavy atom. The number of nitrogens with zero attached hydrogens (tertiary/aromatic N) is 2. The van der Waals surface area contributed by atoms with E-state index in [0.717, 1.165) is 69.8 Å². The van der Waals surface area contributed by atoms with E-state index >= 15 is 0 Å². The molecule has 2 unspecified atom stereocenters. The minimum Gasteiger partial charge on any atom is -0.453 e. The maximum absolute atomic E-state index is 14.4. The Morgan fingerprint density at radius 2 is 1.55 bits per heavy atom. The van der Waals surface area contributed by atoms with Crippen LogP contribution in [-0.4, -0.2) is 98.0 Å². The second-order valence-electron chi connectivity index (χ2n) is 15.0. The van der Waals surface area contributed by atoms with Gasteiger partial charge in [-0.1, -0.05) is 50.6 Å². The number of hydrogen-bond donors (Lipinski definition) is 2. The number of allylic oxidation sites excluding steroid dienone is 4. The first-order valence-electron chi connectivity index (χ1n) is 19.9. The fourth-order valence-electron chi connectivity index (χ4n) is 7.47. The molecule has 0 saturated carbocycles. The molecule has 0 aromatic carbocycles. The summed E-state index contributed by atoms with van der Waals surface area (Å²) in [5, 5.41) is 5.48. The van der Waals surface area contributed by atoms with Crippen molar-refractivity contribution in [3.63, 3.8) is 0 Å². The summed E-state index contributed by atoms with van der Waals surface area (Å²) in [7, 11) is 2.60. The molecule has 6 atom stereocenters. The van der Waals surface area contributed by atoms with E-state index in [0.29, 0.717) is 45.3 Å². The number of carbonyl (C=O) groups excluding carboxylic acids is 4. The molecule has 2 heterocycles. The summed E-state index contributed by atoms with van der Waals surface area (Å²) in [6.07, 6.45) is 15.8. The van der Waals surface area contributed by atoms with E-state index in [1.54, 1.807) is 11.0 Å². The lowest BCUT2D eigenvalue weighted by Crippen LogP contribution is -2.55. The van der Waals surface area contributed by atoms with Crippen LogP contribution < -0.4 is 10.6 Å². The Bertz CT molecular complexity index is 1210. The highest BCUT2D eigenvalue weighted by Crippen LogP contribution is 2.32. The summed E-state index contributed by atoms with van der Waals surface area (Å²) in [6, 6.07) is -1.32. The summed E-state index contributed by atoms with van der Waals surface area (Å²) in [6.45, 7) is 15.9. The number of likely N-dealkylation sites (tertiary alicyclic amines) is 1. The molecule has 0 aromatic rings. The maximum atomic E-state index is 14.4. The van der Waals surface area contributed by atoms with Gasteiger partial charge >= 0.3 is 12.2 Å². The molecule has 302 valence electrons. The molecular formula is C41H69FN4O7. The highest BCUT2D eigenvalue weighted by Gasteiger charge is 2.41. The smallest absolute Gasteiger partial charge is 0.407 e. The lowest BCUT2D eigenvalue weighted by Gasteiger charge is -2.38. The molecule has 2 aliphatic rings. The Hall–Kier alpha value is -3.41. The highest BCUT2D eigenvalue weighted by atomic mass is 19.1. The van der Waals surface area contributed by atoms with Crippen LogP contribution >= 0.6 is 0 Å². The molecule has 2 rings (SSSR count). The lowest BCUT2D eigenvalue weighted by atomic mass is 9.85. The third-order valence-corrected chi connectivity index (χ3v) is 10.3. The van der Waals surface area contributed by atoms with Crippen LogP contribution in [0.2, 0.25) is 0 Å². The zero-order chi connectivity index (χ0) is 39.3. The van der Waals surface area contributed by atoms with Crippen molar-refractivity contribution in [3.8, 4) is 0 Å². The molecule has 2 fully saturated rings. The van der Waals surface area contributed by atoms with Crippen molar-refractivity contribution in [2.45, 2.75) is 155 Å². The van der Waals surface area contributed by atoms with Gasteiger partial charge in [0, 0.05) is 19.6 Å². The Kier molecular flexibility index (Phi) is 21.4. The van der Waals surface area contributed by atoms with Crippen LogP contribution in [0, 0.1) is 11.8 Å². The molecule has 12 heteroatoms. The number of halogens is 1. The van der Waals surface area contributed by atoms with Gasteiger partial charge < -0.3 is 34.6 Å². The van der Waals surface area contributed by atoms with Gasteiger partial charge in [0.05, 0.1) is 38.3 Å². The Labute approximate surface area is 318 Å². The number of alkyl carbamates (subject to hydrolysis) is 2. The van der Waals surface area contributed by atoms with Crippen molar-refractivity contribution >= 4 is 24.0 Å². The number of carbonyl (C=O) groups is 4. The first-order chi connectivity index (χ1) is 25.3. The predicted molar refractivity (Wildman–Crippen MR) is 207 cm³/mol. The minimum atomic E-state index is -0.657. The molecule has 0 bridgehead atoms. The maximum Gasteiger partial charge on any atom is 0.407 e. The third kappa shape index (κ3) is 16.2. The fourth-order valence-corrected chi connectivity index (χ4v) is 7.47. The Balaban J connectivity index is 1.67. The molecule has 11 nitrogen and oxygen atoms in total. The number of ether oxygens (including phenoxy) is 3. The van der Waals surface area contributed by atoms with E-state index in [9.17, 15) is 23.6 Å². The summed E-state index contributed by atoms with van der Waals surface area (Å²) >= 11 is 0. The van der Waals surface area contributed by atoms with E-state index in [2.05, 4.69) is 34.1 Å². The molecule has 2 saturated heterocycles. The van der Waals surface area contributed by atoms with Gasteiger partial charge in [0.2, 0.25) is 11.8 Å². The van der Waals surface area contributed by atoms with Gasteiger partial charge in [-0.05, 0) is 116 Å². The highest BCUT2D eigenvalue weighted by molar-refractivity contribution is 5.87. The zero-order valence-electron chi connectivity index (χ0n) is 33.6. The predicted octanol–water partition coefficient (Wildman–Crippen LogP) is 8.00.